The van der Waals surface area contributed by atoms with Gasteiger partial charge in [0.25, 0.3) is 5.91 Å². The van der Waals surface area contributed by atoms with E-state index in [9.17, 15) is 36.2 Å². The molecule has 3 N–H and O–H groups in total. The number of fused-ring (bicyclic) bond motifs is 1. The third kappa shape index (κ3) is 7.09. The van der Waals surface area contributed by atoms with Gasteiger partial charge in [0.05, 0.1) is 12.3 Å². The number of nitrogens with one attached hydrogen (secondary N) is 1. The summed E-state index contributed by atoms with van der Waals surface area (Å²) in [7, 11) is 0. The number of imidazole rings is 1. The van der Waals surface area contributed by atoms with Crippen molar-refractivity contribution in [2.24, 2.45) is 5.92 Å². The van der Waals surface area contributed by atoms with Crippen LogP contribution in [0.2, 0.25) is 0 Å². The lowest BCUT2D eigenvalue weighted by Crippen LogP contribution is -2.21. The maximum Gasteiger partial charge on any atom is 0.490 e. The van der Waals surface area contributed by atoms with Crippen molar-refractivity contribution in [2.75, 3.05) is 11.9 Å². The second-order valence-electron chi connectivity index (χ2n) is 7.86. The van der Waals surface area contributed by atoms with E-state index in [1.54, 1.807) is 29.8 Å². The van der Waals surface area contributed by atoms with Gasteiger partial charge < -0.3 is 24.7 Å². The van der Waals surface area contributed by atoms with Gasteiger partial charge in [-0.25, -0.2) is 14.8 Å². The highest BCUT2D eigenvalue weighted by Crippen LogP contribution is 2.41. The summed E-state index contributed by atoms with van der Waals surface area (Å²) >= 11 is 0. The number of hydrogen-bond donors (Lipinski definition) is 3. The zero-order chi connectivity index (χ0) is 27.5. The molecular formula is C22H20F6N4O5. The summed E-state index contributed by atoms with van der Waals surface area (Å²) in [6.45, 7) is 2.07. The molecule has 0 aliphatic heterocycles. The van der Waals surface area contributed by atoms with E-state index in [1.165, 1.54) is 6.07 Å². The van der Waals surface area contributed by atoms with Gasteiger partial charge in [0.1, 0.15) is 34.6 Å². The number of aliphatic hydroxyl groups excluding tert-OH is 1. The molecule has 3 heterocycles. The summed E-state index contributed by atoms with van der Waals surface area (Å²) in [5.41, 5.74) is -0.239. The first-order chi connectivity index (χ1) is 17.2. The number of nitrogens with zero attached hydrogens (tertiary/aromatic N) is 3. The van der Waals surface area contributed by atoms with Crippen LogP contribution in [0.5, 0.6) is 5.75 Å². The molecule has 37 heavy (non-hydrogen) atoms. The van der Waals surface area contributed by atoms with Crippen LogP contribution in [-0.4, -0.2) is 49.2 Å². The number of carbonyl (C=O) groups excluding carboxylic acids is 1. The van der Waals surface area contributed by atoms with E-state index in [0.29, 0.717) is 23.7 Å². The van der Waals surface area contributed by atoms with Crippen molar-refractivity contribution in [3.8, 4) is 5.75 Å². The maximum absolute atomic E-state index is 12.9. The number of pyridine rings is 2. The van der Waals surface area contributed by atoms with Crippen LogP contribution in [0, 0.1) is 5.92 Å². The molecule has 1 aliphatic rings. The van der Waals surface area contributed by atoms with Gasteiger partial charge in [-0.1, -0.05) is 6.07 Å². The minimum atomic E-state index is -5.08. The number of ether oxygens (including phenoxy) is 1. The molecule has 1 saturated carbocycles. The van der Waals surface area contributed by atoms with Crippen molar-refractivity contribution in [2.45, 2.75) is 38.2 Å². The van der Waals surface area contributed by atoms with Gasteiger partial charge in [0.15, 0.2) is 0 Å². The summed E-state index contributed by atoms with van der Waals surface area (Å²) < 4.78 is 77.6. The minimum absolute atomic E-state index is 0.201. The zero-order valence-electron chi connectivity index (χ0n) is 19.0. The molecule has 1 fully saturated rings. The molecule has 200 valence electrons. The number of halogens is 6. The molecule has 0 saturated heterocycles. The standard InChI is InChI=1S/C20H19F3N4O3.C2HF3O2/c1-2-30-15-8-17-25-14(18(28)11-6-7-11)10-27(17)9-13(15)26-19(29)12-4-3-5-16(24-12)20(21,22)23;3-2(4,5)1(6)7/h3-5,8-11,18,28H,2,6-7H2,1H3,(H,26,29);(H,6,7). The van der Waals surface area contributed by atoms with Crippen LogP contribution in [0.25, 0.3) is 5.65 Å². The number of aliphatic carboxylic acids is 1. The van der Waals surface area contributed by atoms with Crippen LogP contribution in [-0.2, 0) is 11.0 Å². The van der Waals surface area contributed by atoms with Gasteiger partial charge in [0.2, 0.25) is 0 Å². The minimum Gasteiger partial charge on any atom is -0.491 e. The Morgan fingerprint density at radius 2 is 1.81 bits per heavy atom. The normalized spacial score (nSPS) is 14.5. The lowest BCUT2D eigenvalue weighted by Gasteiger charge is -2.12. The number of carbonyl (C=O) groups is 2. The van der Waals surface area contributed by atoms with E-state index < -0.39 is 36.0 Å². The van der Waals surface area contributed by atoms with Crippen molar-refractivity contribution in [3.63, 3.8) is 0 Å². The third-order valence-corrected chi connectivity index (χ3v) is 5.01. The van der Waals surface area contributed by atoms with E-state index in [0.717, 1.165) is 25.0 Å². The number of amides is 1. The Bertz CT molecular complexity index is 1290. The molecule has 15 heteroatoms. The van der Waals surface area contributed by atoms with E-state index in [-0.39, 0.29) is 17.3 Å². The molecule has 0 aromatic carbocycles. The number of aromatic nitrogens is 3. The number of carboxylic acids is 1. The molecule has 3 aromatic rings. The van der Waals surface area contributed by atoms with Crippen molar-refractivity contribution < 1.29 is 50.9 Å². The van der Waals surface area contributed by atoms with Gasteiger partial charge in [-0.15, -0.1) is 0 Å². The molecule has 1 atom stereocenters. The van der Waals surface area contributed by atoms with Crippen LogP contribution in [0.1, 0.15) is 47.7 Å². The highest BCUT2D eigenvalue weighted by Gasteiger charge is 2.38. The van der Waals surface area contributed by atoms with Crippen LogP contribution in [0.4, 0.5) is 32.0 Å². The number of rotatable bonds is 6. The summed E-state index contributed by atoms with van der Waals surface area (Å²) in [6.07, 6.45) is -5.29. The fourth-order valence-electron chi connectivity index (χ4n) is 3.11. The molecule has 4 rings (SSSR count). The Labute approximate surface area is 204 Å². The third-order valence-electron chi connectivity index (χ3n) is 5.01. The molecule has 0 bridgehead atoms. The second kappa shape index (κ2) is 10.6. The van der Waals surface area contributed by atoms with E-state index in [4.69, 9.17) is 14.6 Å². The molecule has 0 radical (unpaired) electrons. The Morgan fingerprint density at radius 1 is 1.16 bits per heavy atom. The Kier molecular flexibility index (Phi) is 7.95. The van der Waals surface area contributed by atoms with Gasteiger partial charge >= 0.3 is 18.3 Å². The molecule has 1 aliphatic carbocycles. The molecule has 1 amide bonds. The lowest BCUT2D eigenvalue weighted by atomic mass is 10.2. The van der Waals surface area contributed by atoms with Gasteiger partial charge in [-0.2, -0.15) is 26.3 Å². The first kappa shape index (κ1) is 27.7. The van der Waals surface area contributed by atoms with Gasteiger partial charge in [-0.3, -0.25) is 4.79 Å². The van der Waals surface area contributed by atoms with Crippen molar-refractivity contribution in [3.05, 3.63) is 53.7 Å². The van der Waals surface area contributed by atoms with E-state index >= 15 is 0 Å². The molecule has 3 aromatic heterocycles. The zero-order valence-corrected chi connectivity index (χ0v) is 19.0. The monoisotopic (exact) mass is 534 g/mol. The average Bonchev–Trinajstić information content (AvgIpc) is 3.58. The Hall–Kier alpha value is -3.88. The van der Waals surface area contributed by atoms with E-state index in [1.807, 2.05) is 0 Å². The van der Waals surface area contributed by atoms with Crippen molar-refractivity contribution >= 4 is 23.2 Å². The fourth-order valence-corrected chi connectivity index (χ4v) is 3.11. The molecule has 1 unspecified atom stereocenters. The maximum atomic E-state index is 12.9. The largest absolute Gasteiger partial charge is 0.491 e. The van der Waals surface area contributed by atoms with Crippen LogP contribution < -0.4 is 10.1 Å². The molecule has 0 spiro atoms. The number of aliphatic hydroxyl groups is 1. The van der Waals surface area contributed by atoms with Gasteiger partial charge in [0, 0.05) is 18.5 Å². The number of carboxylic acid groups (broad SMARTS) is 1. The van der Waals surface area contributed by atoms with Crippen LogP contribution in [0.15, 0.2) is 36.7 Å². The number of hydrogen-bond acceptors (Lipinski definition) is 6. The fraction of sp³-hybridized carbons (Fsp3) is 0.364. The van der Waals surface area contributed by atoms with Gasteiger partial charge in [-0.05, 0) is 37.8 Å². The van der Waals surface area contributed by atoms with Crippen molar-refractivity contribution in [1.82, 2.24) is 14.4 Å². The summed E-state index contributed by atoms with van der Waals surface area (Å²) in [4.78, 5) is 29.2. The van der Waals surface area contributed by atoms with Crippen LogP contribution in [0.3, 0.4) is 0 Å². The summed E-state index contributed by atoms with van der Waals surface area (Å²) in [5.74, 6) is -3.05. The Balaban J connectivity index is 0.000000479. The highest BCUT2D eigenvalue weighted by molar-refractivity contribution is 6.03. The molecule has 9 nitrogen and oxygen atoms in total. The Morgan fingerprint density at radius 3 is 2.35 bits per heavy atom. The molecular weight excluding hydrogens is 514 g/mol. The second-order valence-corrected chi connectivity index (χ2v) is 7.86. The summed E-state index contributed by atoms with van der Waals surface area (Å²) in [5, 5.41) is 20.0. The first-order valence-corrected chi connectivity index (χ1v) is 10.7. The smallest absolute Gasteiger partial charge is 0.490 e. The predicted molar refractivity (Wildman–Crippen MR) is 115 cm³/mol. The highest BCUT2D eigenvalue weighted by atomic mass is 19.4. The lowest BCUT2D eigenvalue weighted by molar-refractivity contribution is -0.192. The summed E-state index contributed by atoms with van der Waals surface area (Å²) in [6, 6.07) is 4.72. The van der Waals surface area contributed by atoms with E-state index in [2.05, 4.69) is 15.3 Å². The predicted octanol–water partition coefficient (Wildman–Crippen LogP) is 4.48. The average molecular weight is 534 g/mol. The topological polar surface area (TPSA) is 126 Å². The number of anilines is 1. The first-order valence-electron chi connectivity index (χ1n) is 10.7. The quantitative estimate of drug-likeness (QED) is 0.398. The SMILES string of the molecule is CCOc1cc2nc(C(O)C3CC3)cn2cc1NC(=O)c1cccc(C(F)(F)F)n1.O=C(O)C(F)(F)F. The van der Waals surface area contributed by atoms with Crippen LogP contribution >= 0.6 is 0 Å². The van der Waals surface area contributed by atoms with Crippen molar-refractivity contribution in [1.29, 1.82) is 0 Å². The number of alkyl halides is 6.